The van der Waals surface area contributed by atoms with Crippen LogP contribution in [0.25, 0.3) is 0 Å². The van der Waals surface area contributed by atoms with Crippen LogP contribution in [-0.4, -0.2) is 26.2 Å². The van der Waals surface area contributed by atoms with Crippen molar-refractivity contribution in [2.45, 2.75) is 44.8 Å². The summed E-state index contributed by atoms with van der Waals surface area (Å²) >= 11 is 2.16. The summed E-state index contributed by atoms with van der Waals surface area (Å²) < 4.78 is 5.65. The van der Waals surface area contributed by atoms with Gasteiger partial charge in [-0.15, -0.1) is 0 Å². The highest BCUT2D eigenvalue weighted by atomic mass is 127. The lowest BCUT2D eigenvalue weighted by Crippen LogP contribution is -2.39. The van der Waals surface area contributed by atoms with Gasteiger partial charge in [-0.3, -0.25) is 0 Å². The summed E-state index contributed by atoms with van der Waals surface area (Å²) in [7, 11) is -0.771. The second-order valence-corrected chi connectivity index (χ2v) is 11.9. The summed E-state index contributed by atoms with van der Waals surface area (Å²) in [6.07, 6.45) is 1.85. The van der Waals surface area contributed by atoms with E-state index in [0.29, 0.717) is 5.56 Å². The Hall–Kier alpha value is -0.403. The Balaban J connectivity index is 2.81. The molecule has 0 unspecified atom stereocenters. The number of halogens is 1. The van der Waals surface area contributed by atoms with E-state index >= 15 is 0 Å². The summed E-state index contributed by atoms with van der Waals surface area (Å²) in [5.41, 5.74) is 1.79. The monoisotopic (exact) mass is 406 g/mol. The Bertz CT molecular complexity index is 492. The van der Waals surface area contributed by atoms with Crippen molar-refractivity contribution in [3.05, 3.63) is 32.9 Å². The Kier molecular flexibility index (Phi) is 5.80. The van der Waals surface area contributed by atoms with Crippen LogP contribution in [0.4, 0.5) is 0 Å². The van der Waals surface area contributed by atoms with Gasteiger partial charge in [0, 0.05) is 3.57 Å². The molecule has 0 aromatic heterocycles. The molecule has 0 radical (unpaired) electrons. The molecule has 20 heavy (non-hydrogen) atoms. The van der Waals surface area contributed by atoms with Gasteiger partial charge in [0.05, 0.1) is 12.7 Å². The van der Waals surface area contributed by atoms with Gasteiger partial charge in [0.2, 0.25) is 0 Å². The minimum atomic E-state index is -2.16. The maximum atomic E-state index is 11.5. The molecule has 1 rings (SSSR count). The fraction of sp³-hybridized carbons (Fsp3) is 0.533. The number of hydrogen-bond donors (Lipinski definition) is 1. The highest BCUT2D eigenvalue weighted by Crippen LogP contribution is 2.39. The number of carbonyl (C=O) groups is 1. The zero-order valence-electron chi connectivity index (χ0n) is 12.8. The molecule has 0 aliphatic carbocycles. The first-order valence-corrected chi connectivity index (χ1v) is 10.7. The van der Waals surface area contributed by atoms with Crippen LogP contribution in [0.2, 0.25) is 18.1 Å². The van der Waals surface area contributed by atoms with Gasteiger partial charge in [-0.2, -0.15) is 0 Å². The zero-order valence-corrected chi connectivity index (χ0v) is 15.9. The molecule has 1 aromatic carbocycles. The van der Waals surface area contributed by atoms with Crippen molar-refractivity contribution >= 4 is 36.9 Å². The smallest absolute Gasteiger partial charge is 0.338 e. The Labute approximate surface area is 136 Å². The number of esters is 1. The van der Waals surface area contributed by atoms with Crippen LogP contribution < -0.4 is 0 Å². The summed E-state index contributed by atoms with van der Waals surface area (Å²) in [6, 6.07) is 5.81. The van der Waals surface area contributed by atoms with E-state index in [1.165, 1.54) is 12.7 Å². The number of carbonyl (C=O) groups excluding carboxylic acids is 1. The van der Waals surface area contributed by atoms with E-state index in [1.807, 2.05) is 31.3 Å². The number of benzene rings is 1. The molecular weight excluding hydrogens is 383 g/mol. The van der Waals surface area contributed by atoms with Gasteiger partial charge in [0.1, 0.15) is 0 Å². The summed E-state index contributed by atoms with van der Waals surface area (Å²) in [5, 5.41) is -0.0283. The average molecular weight is 406 g/mol. The van der Waals surface area contributed by atoms with E-state index in [-0.39, 0.29) is 11.0 Å². The molecule has 0 spiro atoms. The van der Waals surface area contributed by atoms with Crippen LogP contribution in [0, 0.1) is 3.57 Å². The fourth-order valence-corrected chi connectivity index (χ4v) is 3.29. The van der Waals surface area contributed by atoms with Gasteiger partial charge in [-0.1, -0.05) is 19.9 Å². The number of aryl methyl sites for hydroxylation is 1. The van der Waals surface area contributed by atoms with Gasteiger partial charge < -0.3 is 9.53 Å². The fourth-order valence-electron chi connectivity index (χ4n) is 1.75. The third-order valence-corrected chi connectivity index (χ3v) is 8.59. The van der Waals surface area contributed by atoms with Crippen molar-refractivity contribution in [1.29, 1.82) is 0 Å². The van der Waals surface area contributed by atoms with Gasteiger partial charge in [-0.25, -0.2) is 4.79 Å². The molecule has 1 N–H and O–H groups in total. The lowest BCUT2D eigenvalue weighted by molar-refractivity contribution is 0.0599. The maximum absolute atomic E-state index is 11.5. The van der Waals surface area contributed by atoms with Crippen molar-refractivity contribution in [2.75, 3.05) is 7.11 Å². The van der Waals surface area contributed by atoms with Crippen molar-refractivity contribution < 1.29 is 14.3 Å². The van der Waals surface area contributed by atoms with Crippen LogP contribution in [0.15, 0.2) is 18.2 Å². The molecule has 3 nitrogen and oxygen atoms in total. The van der Waals surface area contributed by atoms with Crippen LogP contribution in [0.3, 0.4) is 0 Å². The Morgan fingerprint density at radius 2 is 2.00 bits per heavy atom. The molecule has 0 saturated heterocycles. The number of hydrogen-bond acceptors (Lipinski definition) is 3. The van der Waals surface area contributed by atoms with E-state index in [9.17, 15) is 9.59 Å². The normalized spacial score (nSPS) is 12.3. The second-order valence-electron chi connectivity index (χ2n) is 6.25. The largest absolute Gasteiger partial charge is 0.465 e. The highest BCUT2D eigenvalue weighted by molar-refractivity contribution is 14.1. The number of rotatable bonds is 5. The van der Waals surface area contributed by atoms with Crippen LogP contribution in [-0.2, 0) is 11.2 Å². The molecule has 0 atom stereocenters. The van der Waals surface area contributed by atoms with E-state index < -0.39 is 8.32 Å². The lowest BCUT2D eigenvalue weighted by atomic mass is 10.0. The number of methoxy groups -OCH3 is 1. The maximum Gasteiger partial charge on any atom is 0.338 e. The minimum Gasteiger partial charge on any atom is -0.465 e. The first kappa shape index (κ1) is 17.6. The molecule has 5 heteroatoms. The average Bonchev–Trinajstić information content (AvgIpc) is 2.34. The second kappa shape index (κ2) is 6.57. The Morgan fingerprint density at radius 3 is 2.45 bits per heavy atom. The molecule has 0 amide bonds. The van der Waals surface area contributed by atoms with Crippen LogP contribution >= 0.6 is 22.6 Å². The third kappa shape index (κ3) is 4.29. The van der Waals surface area contributed by atoms with Crippen molar-refractivity contribution in [1.82, 2.24) is 0 Å². The first-order valence-electron chi connectivity index (χ1n) is 6.67. The van der Waals surface area contributed by atoms with Crippen molar-refractivity contribution in [2.24, 2.45) is 0 Å². The van der Waals surface area contributed by atoms with E-state index in [1.54, 1.807) is 0 Å². The first-order chi connectivity index (χ1) is 9.08. The van der Waals surface area contributed by atoms with Crippen molar-refractivity contribution in [3.8, 4) is 0 Å². The quantitative estimate of drug-likeness (QED) is 0.457. The summed E-state index contributed by atoms with van der Waals surface area (Å²) in [6.45, 7) is 8.23. The van der Waals surface area contributed by atoms with Gasteiger partial charge in [0.15, 0.2) is 8.32 Å². The standard InChI is InChI=1S/C15H23IO3Si/c1-15(2,20(4,5)18)9-8-11-6-7-12(13(16)10-11)14(17)19-3/h6-7,10,18H,8-9H2,1-5H3. The van der Waals surface area contributed by atoms with Crippen LogP contribution in [0.1, 0.15) is 36.2 Å². The van der Waals surface area contributed by atoms with E-state index in [2.05, 4.69) is 36.4 Å². The molecule has 0 aliphatic rings. The predicted octanol–water partition coefficient (Wildman–Crippen LogP) is 3.99. The van der Waals surface area contributed by atoms with E-state index in [0.717, 1.165) is 16.4 Å². The molecular formula is C15H23IO3Si. The van der Waals surface area contributed by atoms with Gasteiger partial charge in [0.25, 0.3) is 0 Å². The van der Waals surface area contributed by atoms with Gasteiger partial charge >= 0.3 is 5.97 Å². The molecule has 0 aliphatic heterocycles. The summed E-state index contributed by atoms with van der Waals surface area (Å²) in [4.78, 5) is 21.8. The van der Waals surface area contributed by atoms with E-state index in [4.69, 9.17) is 4.74 Å². The Morgan fingerprint density at radius 1 is 1.40 bits per heavy atom. The molecule has 0 saturated carbocycles. The molecule has 1 aromatic rings. The minimum absolute atomic E-state index is 0.0283. The molecule has 0 bridgehead atoms. The number of ether oxygens (including phenoxy) is 1. The topological polar surface area (TPSA) is 46.5 Å². The van der Waals surface area contributed by atoms with Crippen LogP contribution in [0.5, 0.6) is 0 Å². The third-order valence-electron chi connectivity index (χ3n) is 4.13. The molecule has 112 valence electrons. The van der Waals surface area contributed by atoms with Crippen molar-refractivity contribution in [3.63, 3.8) is 0 Å². The van der Waals surface area contributed by atoms with Gasteiger partial charge in [-0.05, 0) is 71.3 Å². The lowest BCUT2D eigenvalue weighted by Gasteiger charge is -2.35. The zero-order chi connectivity index (χ0) is 15.6. The highest BCUT2D eigenvalue weighted by Gasteiger charge is 2.37. The molecule has 0 fully saturated rings. The predicted molar refractivity (Wildman–Crippen MR) is 92.6 cm³/mol. The summed E-state index contributed by atoms with van der Waals surface area (Å²) in [5.74, 6) is -0.301. The SMILES string of the molecule is COC(=O)c1ccc(CCC(C)(C)[Si](C)(C)O)cc1I. The molecule has 0 heterocycles.